The minimum Gasteiger partial charge on any atom is -0.320 e. The van der Waals surface area contributed by atoms with Crippen molar-refractivity contribution < 1.29 is 9.18 Å². The molecule has 132 valence electrons. The topological polar surface area (TPSA) is 46.9 Å². The Morgan fingerprint density at radius 2 is 2.00 bits per heavy atom. The van der Waals surface area contributed by atoms with E-state index in [9.17, 15) is 9.18 Å². The van der Waals surface area contributed by atoms with E-state index in [4.69, 9.17) is 23.2 Å². The first-order valence-electron chi connectivity index (χ1n) is 7.71. The fourth-order valence-corrected chi connectivity index (χ4v) is 2.72. The zero-order valence-corrected chi connectivity index (χ0v) is 15.0. The number of rotatable bonds is 5. The molecule has 0 saturated carbocycles. The van der Waals surface area contributed by atoms with E-state index in [1.165, 1.54) is 24.4 Å². The van der Waals surface area contributed by atoms with Gasteiger partial charge in [0, 0.05) is 22.3 Å². The summed E-state index contributed by atoms with van der Waals surface area (Å²) in [6.45, 7) is 0.366. The van der Waals surface area contributed by atoms with Crippen molar-refractivity contribution in [1.82, 2.24) is 9.78 Å². The number of hydrogen-bond donors (Lipinski definition) is 1. The van der Waals surface area contributed by atoms with E-state index in [1.54, 1.807) is 29.1 Å². The van der Waals surface area contributed by atoms with Crippen LogP contribution in [0.15, 0.2) is 60.9 Å². The zero-order valence-electron chi connectivity index (χ0n) is 13.5. The molecule has 1 amide bonds. The van der Waals surface area contributed by atoms with Crippen molar-refractivity contribution >= 4 is 40.9 Å². The van der Waals surface area contributed by atoms with Gasteiger partial charge in [0.15, 0.2) is 0 Å². The lowest BCUT2D eigenvalue weighted by Crippen LogP contribution is -2.07. The molecule has 0 saturated heterocycles. The first-order chi connectivity index (χ1) is 12.5. The van der Waals surface area contributed by atoms with Crippen LogP contribution < -0.4 is 5.32 Å². The zero-order chi connectivity index (χ0) is 18.5. The van der Waals surface area contributed by atoms with Crippen molar-refractivity contribution in [1.29, 1.82) is 0 Å². The highest BCUT2D eigenvalue weighted by Gasteiger charge is 2.06. The fraction of sp³-hybridized carbons (Fsp3) is 0.0526. The first kappa shape index (κ1) is 18.2. The Balaban J connectivity index is 1.63. The van der Waals surface area contributed by atoms with E-state index >= 15 is 0 Å². The maximum Gasteiger partial charge on any atom is 0.248 e. The first-order valence-corrected chi connectivity index (χ1v) is 8.47. The number of nitrogens with one attached hydrogen (secondary N) is 1. The summed E-state index contributed by atoms with van der Waals surface area (Å²) in [4.78, 5) is 12.0. The highest BCUT2D eigenvalue weighted by atomic mass is 35.5. The lowest BCUT2D eigenvalue weighted by Gasteiger charge is -2.04. The van der Waals surface area contributed by atoms with Crippen molar-refractivity contribution in [2.24, 2.45) is 0 Å². The van der Waals surface area contributed by atoms with Crippen LogP contribution >= 0.6 is 23.2 Å². The van der Waals surface area contributed by atoms with Gasteiger partial charge in [-0.2, -0.15) is 5.10 Å². The van der Waals surface area contributed by atoms with Crippen LogP contribution in [0.3, 0.4) is 0 Å². The average molecular weight is 390 g/mol. The molecular weight excluding hydrogens is 376 g/mol. The quantitative estimate of drug-likeness (QED) is 0.622. The van der Waals surface area contributed by atoms with Gasteiger partial charge in [-0.1, -0.05) is 47.5 Å². The van der Waals surface area contributed by atoms with Crippen molar-refractivity contribution in [3.8, 4) is 0 Å². The Morgan fingerprint density at radius 1 is 1.19 bits per heavy atom. The van der Waals surface area contributed by atoms with Gasteiger partial charge in [-0.15, -0.1) is 0 Å². The molecule has 3 rings (SSSR count). The maximum absolute atomic E-state index is 13.1. The van der Waals surface area contributed by atoms with Crippen molar-refractivity contribution in [3.05, 3.63) is 87.9 Å². The van der Waals surface area contributed by atoms with E-state index in [0.717, 1.165) is 11.1 Å². The van der Waals surface area contributed by atoms with Crippen molar-refractivity contribution in [2.75, 3.05) is 5.32 Å². The molecule has 0 radical (unpaired) electrons. The lowest BCUT2D eigenvalue weighted by atomic mass is 10.2. The van der Waals surface area contributed by atoms with E-state index in [0.29, 0.717) is 22.3 Å². The fourth-order valence-electron chi connectivity index (χ4n) is 2.30. The minimum absolute atomic E-state index is 0.302. The third-order valence-corrected chi connectivity index (χ3v) is 4.26. The van der Waals surface area contributed by atoms with Crippen LogP contribution in [0.1, 0.15) is 11.1 Å². The van der Waals surface area contributed by atoms with Crippen LogP contribution in [0.4, 0.5) is 10.1 Å². The molecule has 0 unspecified atom stereocenters. The molecule has 0 aliphatic carbocycles. The van der Waals surface area contributed by atoms with Gasteiger partial charge in [0.25, 0.3) is 0 Å². The van der Waals surface area contributed by atoms with Crippen molar-refractivity contribution in [2.45, 2.75) is 6.54 Å². The van der Waals surface area contributed by atoms with Crippen LogP contribution in [0.25, 0.3) is 6.08 Å². The van der Waals surface area contributed by atoms with Gasteiger partial charge in [-0.05, 0) is 35.4 Å². The molecule has 0 bridgehead atoms. The number of benzene rings is 2. The standard InChI is InChI=1S/C19H14Cl2FN3O/c20-17-4-2-1-3-13(17)6-8-19(26)24-16-10-23-25(12-16)11-14-5-7-15(22)9-18(14)21/h1-10,12H,11H2,(H,24,26)/b8-6+. The van der Waals surface area contributed by atoms with E-state index in [2.05, 4.69) is 10.4 Å². The maximum atomic E-state index is 13.1. The molecule has 0 aliphatic rings. The number of carbonyl (C=O) groups excluding carboxylic acids is 1. The summed E-state index contributed by atoms with van der Waals surface area (Å²) in [5.74, 6) is -0.693. The van der Waals surface area contributed by atoms with Gasteiger partial charge >= 0.3 is 0 Å². The van der Waals surface area contributed by atoms with Gasteiger partial charge in [0.1, 0.15) is 5.82 Å². The molecule has 4 nitrogen and oxygen atoms in total. The molecule has 0 aliphatic heterocycles. The second-order valence-electron chi connectivity index (χ2n) is 5.51. The number of nitrogens with zero attached hydrogens (tertiary/aromatic N) is 2. The molecule has 3 aromatic rings. The Morgan fingerprint density at radius 3 is 2.77 bits per heavy atom. The summed E-state index contributed by atoms with van der Waals surface area (Å²) in [6.07, 6.45) is 6.23. The van der Waals surface area contributed by atoms with Gasteiger partial charge in [0.05, 0.1) is 18.4 Å². The summed E-state index contributed by atoms with van der Waals surface area (Å²) in [5, 5.41) is 7.78. The van der Waals surface area contributed by atoms with Gasteiger partial charge in [-0.3, -0.25) is 9.48 Å². The number of halogens is 3. The molecule has 7 heteroatoms. The average Bonchev–Trinajstić information content (AvgIpc) is 3.04. The monoisotopic (exact) mass is 389 g/mol. The third-order valence-electron chi connectivity index (χ3n) is 3.57. The number of hydrogen-bond acceptors (Lipinski definition) is 2. The summed E-state index contributed by atoms with van der Waals surface area (Å²) < 4.78 is 14.7. The van der Waals surface area contributed by atoms with E-state index < -0.39 is 5.82 Å². The van der Waals surface area contributed by atoms with Crippen LogP contribution in [0.5, 0.6) is 0 Å². The summed E-state index contributed by atoms with van der Waals surface area (Å²) in [5.41, 5.74) is 2.02. The number of anilines is 1. The third kappa shape index (κ3) is 4.71. The predicted octanol–water partition coefficient (Wildman–Crippen LogP) is 5.03. The van der Waals surface area contributed by atoms with Gasteiger partial charge in [-0.25, -0.2) is 4.39 Å². The highest BCUT2D eigenvalue weighted by Crippen LogP contribution is 2.19. The number of aromatic nitrogens is 2. The Bertz CT molecular complexity index is 969. The van der Waals surface area contributed by atoms with E-state index in [-0.39, 0.29) is 5.91 Å². The molecule has 0 spiro atoms. The number of carbonyl (C=O) groups is 1. The van der Waals surface area contributed by atoms with E-state index in [1.807, 2.05) is 18.2 Å². The molecule has 1 heterocycles. The molecule has 2 aromatic carbocycles. The summed E-state index contributed by atoms with van der Waals surface area (Å²) in [6, 6.07) is 11.4. The lowest BCUT2D eigenvalue weighted by molar-refractivity contribution is -0.111. The predicted molar refractivity (Wildman–Crippen MR) is 102 cm³/mol. The Labute approximate surface area is 159 Å². The van der Waals surface area contributed by atoms with Crippen molar-refractivity contribution in [3.63, 3.8) is 0 Å². The smallest absolute Gasteiger partial charge is 0.248 e. The largest absolute Gasteiger partial charge is 0.320 e. The van der Waals surface area contributed by atoms with Crippen LogP contribution in [0.2, 0.25) is 10.0 Å². The Kier molecular flexibility index (Phi) is 5.71. The normalized spacial score (nSPS) is 11.0. The van der Waals surface area contributed by atoms with Crippen LogP contribution in [-0.2, 0) is 11.3 Å². The number of amides is 1. The molecule has 0 atom stereocenters. The summed E-state index contributed by atoms with van der Waals surface area (Å²) in [7, 11) is 0. The highest BCUT2D eigenvalue weighted by molar-refractivity contribution is 6.32. The van der Waals surface area contributed by atoms with Gasteiger partial charge in [0.2, 0.25) is 5.91 Å². The SMILES string of the molecule is O=C(/C=C/c1ccccc1Cl)Nc1cnn(Cc2ccc(F)cc2Cl)c1. The van der Waals surface area contributed by atoms with Crippen LogP contribution in [0, 0.1) is 5.82 Å². The second-order valence-corrected chi connectivity index (χ2v) is 6.32. The molecule has 26 heavy (non-hydrogen) atoms. The molecule has 1 aromatic heterocycles. The van der Waals surface area contributed by atoms with Crippen LogP contribution in [-0.4, -0.2) is 15.7 Å². The minimum atomic E-state index is -0.391. The molecule has 1 N–H and O–H groups in total. The molecular formula is C19H14Cl2FN3O. The second kappa shape index (κ2) is 8.17. The summed E-state index contributed by atoms with van der Waals surface area (Å²) >= 11 is 12.1. The molecule has 0 fully saturated rings. The van der Waals surface area contributed by atoms with Gasteiger partial charge < -0.3 is 5.32 Å². The Hall–Kier alpha value is -2.63.